The molecule has 1 amide bonds. The molecule has 0 saturated carbocycles. The summed E-state index contributed by atoms with van der Waals surface area (Å²) < 4.78 is 114. The molecule has 1 aromatic rings. The smallest absolute Gasteiger partial charge is 0.397 e. The number of anilines is 1. The number of hydrogen-bond donors (Lipinski definition) is 3. The van der Waals surface area contributed by atoms with Crippen LogP contribution in [0.15, 0.2) is 6.07 Å². The van der Waals surface area contributed by atoms with Gasteiger partial charge < -0.3 is 16.2 Å². The SMILES string of the molecule is C[C@](O)(CNC(=O)c1nc(C(F)(F)F)c(C(F)(F)F)cc1N)C(F)(F)F. The molecule has 1 rings (SSSR count). The molecule has 0 aromatic carbocycles. The third kappa shape index (κ3) is 4.68. The van der Waals surface area contributed by atoms with Gasteiger partial charge in [-0.05, 0) is 13.0 Å². The van der Waals surface area contributed by atoms with Gasteiger partial charge in [0, 0.05) is 0 Å². The second-order valence-corrected chi connectivity index (χ2v) is 5.27. The molecule has 0 saturated heterocycles. The Labute approximate surface area is 139 Å². The average Bonchev–Trinajstić information content (AvgIpc) is 2.41. The third-order valence-electron chi connectivity index (χ3n) is 3.04. The van der Waals surface area contributed by atoms with Crippen LogP contribution >= 0.6 is 0 Å². The number of halogens is 9. The van der Waals surface area contributed by atoms with Crippen molar-refractivity contribution in [2.45, 2.75) is 31.1 Å². The molecule has 0 aliphatic rings. The zero-order valence-electron chi connectivity index (χ0n) is 12.6. The quantitative estimate of drug-likeness (QED) is 0.683. The molecule has 148 valence electrons. The first-order chi connectivity index (χ1) is 11.4. The first-order valence-electron chi connectivity index (χ1n) is 6.40. The summed E-state index contributed by atoms with van der Waals surface area (Å²) >= 11 is 0. The fraction of sp³-hybridized carbons (Fsp3) is 0.500. The van der Waals surface area contributed by atoms with E-state index in [1.807, 2.05) is 0 Å². The Bertz CT molecular complexity index is 693. The van der Waals surface area contributed by atoms with Gasteiger partial charge in [0.05, 0.1) is 17.8 Å². The molecule has 4 N–H and O–H groups in total. The number of hydrogen-bond acceptors (Lipinski definition) is 4. The third-order valence-corrected chi connectivity index (χ3v) is 3.04. The molecule has 0 bridgehead atoms. The van der Waals surface area contributed by atoms with Gasteiger partial charge in [0.25, 0.3) is 5.91 Å². The highest BCUT2D eigenvalue weighted by Gasteiger charge is 2.50. The number of nitrogens with one attached hydrogen (secondary N) is 1. The molecule has 1 atom stereocenters. The number of rotatable bonds is 3. The predicted octanol–water partition coefficient (Wildman–Crippen LogP) is 2.74. The number of nitrogen functional groups attached to an aromatic ring is 1. The van der Waals surface area contributed by atoms with Crippen molar-refractivity contribution in [1.82, 2.24) is 10.3 Å². The largest absolute Gasteiger partial charge is 0.433 e. The van der Waals surface area contributed by atoms with Crippen molar-refractivity contribution in [2.24, 2.45) is 0 Å². The summed E-state index contributed by atoms with van der Waals surface area (Å²) in [6.07, 6.45) is -16.3. The van der Waals surface area contributed by atoms with Crippen molar-refractivity contribution in [2.75, 3.05) is 12.3 Å². The number of carbonyl (C=O) groups is 1. The summed E-state index contributed by atoms with van der Waals surface area (Å²) in [5, 5.41) is 10.6. The number of aliphatic hydroxyl groups is 1. The molecular weight excluding hydrogens is 389 g/mol. The fourth-order valence-corrected chi connectivity index (χ4v) is 1.58. The maximum absolute atomic E-state index is 12.8. The first kappa shape index (κ1) is 21.8. The molecule has 0 radical (unpaired) electrons. The van der Waals surface area contributed by atoms with E-state index in [0.717, 1.165) is 0 Å². The Morgan fingerprint density at radius 2 is 1.62 bits per heavy atom. The van der Waals surface area contributed by atoms with Gasteiger partial charge in [-0.3, -0.25) is 4.79 Å². The van der Waals surface area contributed by atoms with Crippen LogP contribution in [0.5, 0.6) is 0 Å². The number of nitrogens with two attached hydrogens (primary N) is 1. The normalized spacial score (nSPS) is 15.5. The van der Waals surface area contributed by atoms with Gasteiger partial charge in [0.15, 0.2) is 17.0 Å². The van der Waals surface area contributed by atoms with E-state index in [1.165, 1.54) is 5.32 Å². The zero-order chi connectivity index (χ0) is 20.7. The van der Waals surface area contributed by atoms with Crippen LogP contribution in [0.3, 0.4) is 0 Å². The molecule has 0 aliphatic heterocycles. The second kappa shape index (κ2) is 6.48. The summed E-state index contributed by atoms with van der Waals surface area (Å²) in [6.45, 7) is -1.24. The fourth-order valence-electron chi connectivity index (χ4n) is 1.58. The van der Waals surface area contributed by atoms with E-state index < -0.39 is 59.2 Å². The molecule has 0 aliphatic carbocycles. The van der Waals surface area contributed by atoms with Crippen LogP contribution in [0.2, 0.25) is 0 Å². The molecule has 0 fully saturated rings. The first-order valence-corrected chi connectivity index (χ1v) is 6.40. The minimum Gasteiger partial charge on any atom is -0.397 e. The maximum Gasteiger partial charge on any atom is 0.433 e. The highest BCUT2D eigenvalue weighted by atomic mass is 19.4. The van der Waals surface area contributed by atoms with Crippen molar-refractivity contribution in [3.8, 4) is 0 Å². The maximum atomic E-state index is 12.8. The van der Waals surface area contributed by atoms with E-state index in [4.69, 9.17) is 10.8 Å². The van der Waals surface area contributed by atoms with Crippen LogP contribution in [0.4, 0.5) is 45.2 Å². The molecule has 5 nitrogen and oxygen atoms in total. The minimum atomic E-state index is -5.62. The number of amides is 1. The minimum absolute atomic E-state index is 0.202. The number of alkyl halides is 9. The molecule has 1 heterocycles. The van der Waals surface area contributed by atoms with Gasteiger partial charge in [-0.2, -0.15) is 39.5 Å². The van der Waals surface area contributed by atoms with Crippen LogP contribution in [0.1, 0.15) is 28.7 Å². The van der Waals surface area contributed by atoms with Crippen LogP contribution in [0, 0.1) is 0 Å². The summed E-state index contributed by atoms with van der Waals surface area (Å²) in [5.41, 5.74) is -5.63. The Balaban J connectivity index is 3.28. The van der Waals surface area contributed by atoms with Crippen molar-refractivity contribution < 1.29 is 49.4 Å². The van der Waals surface area contributed by atoms with E-state index in [1.54, 1.807) is 0 Å². The zero-order valence-corrected chi connectivity index (χ0v) is 12.6. The van der Waals surface area contributed by atoms with E-state index in [0.29, 0.717) is 0 Å². The Morgan fingerprint density at radius 1 is 1.12 bits per heavy atom. The summed E-state index contributed by atoms with van der Waals surface area (Å²) in [5.74, 6) is -1.73. The van der Waals surface area contributed by atoms with Crippen LogP contribution < -0.4 is 11.1 Å². The molecule has 0 unspecified atom stereocenters. The van der Waals surface area contributed by atoms with Crippen LogP contribution in [0.25, 0.3) is 0 Å². The lowest BCUT2D eigenvalue weighted by Gasteiger charge is -2.26. The number of aromatic nitrogens is 1. The number of pyridine rings is 1. The molecule has 14 heteroatoms. The van der Waals surface area contributed by atoms with Crippen molar-refractivity contribution in [3.05, 3.63) is 23.0 Å². The van der Waals surface area contributed by atoms with Gasteiger partial charge in [-0.1, -0.05) is 0 Å². The predicted molar refractivity (Wildman–Crippen MR) is 67.7 cm³/mol. The Hall–Kier alpha value is -2.25. The summed E-state index contributed by atoms with van der Waals surface area (Å²) in [6, 6.07) is -0.202. The van der Waals surface area contributed by atoms with Crippen molar-refractivity contribution in [3.63, 3.8) is 0 Å². The van der Waals surface area contributed by atoms with E-state index >= 15 is 0 Å². The average molecular weight is 399 g/mol. The van der Waals surface area contributed by atoms with Gasteiger partial charge in [0.1, 0.15) is 0 Å². The Morgan fingerprint density at radius 3 is 2.00 bits per heavy atom. The summed E-state index contributed by atoms with van der Waals surface area (Å²) in [7, 11) is 0. The van der Waals surface area contributed by atoms with Gasteiger partial charge in [-0.15, -0.1) is 0 Å². The highest BCUT2D eigenvalue weighted by Crippen LogP contribution is 2.40. The molecule has 0 spiro atoms. The lowest BCUT2D eigenvalue weighted by molar-refractivity contribution is -0.249. The lowest BCUT2D eigenvalue weighted by atomic mass is 10.1. The van der Waals surface area contributed by atoms with E-state index in [2.05, 4.69) is 4.98 Å². The molecular formula is C12H10F9N3O2. The monoisotopic (exact) mass is 399 g/mol. The topological polar surface area (TPSA) is 88.2 Å². The van der Waals surface area contributed by atoms with Crippen molar-refractivity contribution >= 4 is 11.6 Å². The molecule has 1 aromatic heterocycles. The highest BCUT2D eigenvalue weighted by molar-refractivity contribution is 5.97. The number of nitrogens with zero attached hydrogens (tertiary/aromatic N) is 1. The van der Waals surface area contributed by atoms with Crippen molar-refractivity contribution in [1.29, 1.82) is 0 Å². The van der Waals surface area contributed by atoms with Crippen LogP contribution in [-0.4, -0.2) is 34.3 Å². The van der Waals surface area contributed by atoms with Gasteiger partial charge >= 0.3 is 18.5 Å². The van der Waals surface area contributed by atoms with E-state index in [9.17, 15) is 44.3 Å². The van der Waals surface area contributed by atoms with Crippen LogP contribution in [-0.2, 0) is 12.4 Å². The Kier molecular flexibility index (Phi) is 5.43. The lowest BCUT2D eigenvalue weighted by Crippen LogP contribution is -2.51. The standard InChI is InChI=1S/C12H10F9N3O2/c1-9(26,12(19,20)21)3-23-8(25)6-5(22)2-4(10(13,14)15)7(24-6)11(16,17)18/h2,26H,3,22H2,1H3,(H,23,25)/t9-/m0/s1. The summed E-state index contributed by atoms with van der Waals surface area (Å²) in [4.78, 5) is 14.2. The van der Waals surface area contributed by atoms with Gasteiger partial charge in [-0.25, -0.2) is 4.98 Å². The van der Waals surface area contributed by atoms with E-state index in [-0.39, 0.29) is 13.0 Å². The molecule has 26 heavy (non-hydrogen) atoms. The second-order valence-electron chi connectivity index (χ2n) is 5.27. The number of carbonyl (C=O) groups excluding carboxylic acids is 1. The van der Waals surface area contributed by atoms with Gasteiger partial charge in [0.2, 0.25) is 0 Å².